The molecule has 0 aromatic carbocycles. The summed E-state index contributed by atoms with van der Waals surface area (Å²) in [6.07, 6.45) is 11.0. The van der Waals surface area contributed by atoms with E-state index in [0.29, 0.717) is 11.3 Å². The Morgan fingerprint density at radius 1 is 1.50 bits per heavy atom. The number of hydrogen-bond donors (Lipinski definition) is 0. The van der Waals surface area contributed by atoms with Crippen LogP contribution in [0.15, 0.2) is 34.0 Å². The number of hydrogen-bond acceptors (Lipinski definition) is 0. The van der Waals surface area contributed by atoms with Crippen LogP contribution in [-0.2, 0) is 0 Å². The Morgan fingerprint density at radius 2 is 2.22 bits per heavy atom. The zero-order valence-corrected chi connectivity index (χ0v) is 15.6. The number of alkyl halides is 1. The minimum atomic E-state index is 0.299. The highest BCUT2D eigenvalue weighted by molar-refractivity contribution is 14.1. The zero-order valence-electron chi connectivity index (χ0n) is 11.3. The summed E-state index contributed by atoms with van der Waals surface area (Å²) in [4.78, 5) is 0. The quantitative estimate of drug-likeness (QED) is 0.273. The maximum Gasteiger partial charge on any atom is 0.00900 e. The van der Waals surface area contributed by atoms with Gasteiger partial charge in [-0.2, -0.15) is 0 Å². The van der Waals surface area contributed by atoms with E-state index in [1.54, 1.807) is 5.57 Å². The third-order valence-corrected chi connectivity index (χ3v) is 6.25. The second-order valence-electron chi connectivity index (χ2n) is 6.01. The van der Waals surface area contributed by atoms with E-state index in [2.05, 4.69) is 83.8 Å². The van der Waals surface area contributed by atoms with Gasteiger partial charge in [0.25, 0.3) is 0 Å². The molecule has 0 aromatic heterocycles. The largest absolute Gasteiger partial charge is 0.103 e. The SMILES string of the molecule is C=CC1C(CCCI)C2CC=C(I)C=C2C1(C)C. The van der Waals surface area contributed by atoms with Crippen LogP contribution in [-0.4, -0.2) is 4.43 Å². The van der Waals surface area contributed by atoms with Gasteiger partial charge in [0.2, 0.25) is 0 Å². The van der Waals surface area contributed by atoms with Gasteiger partial charge in [0.1, 0.15) is 0 Å². The lowest BCUT2D eigenvalue weighted by Gasteiger charge is -2.29. The second kappa shape index (κ2) is 5.98. The van der Waals surface area contributed by atoms with Crippen molar-refractivity contribution < 1.29 is 0 Å². The van der Waals surface area contributed by atoms with Crippen LogP contribution in [0.2, 0.25) is 0 Å². The molecule has 1 saturated carbocycles. The van der Waals surface area contributed by atoms with Crippen LogP contribution in [0.4, 0.5) is 0 Å². The molecule has 2 aliphatic carbocycles. The number of rotatable bonds is 4. The molecule has 1 fully saturated rings. The third kappa shape index (κ3) is 2.60. The first-order chi connectivity index (χ1) is 8.52. The van der Waals surface area contributed by atoms with Crippen molar-refractivity contribution in [3.05, 3.63) is 34.0 Å². The highest BCUT2D eigenvalue weighted by atomic mass is 127. The summed E-state index contributed by atoms with van der Waals surface area (Å²) < 4.78 is 2.70. The van der Waals surface area contributed by atoms with E-state index in [-0.39, 0.29) is 0 Å². The van der Waals surface area contributed by atoms with Crippen molar-refractivity contribution in [3.8, 4) is 0 Å². The minimum absolute atomic E-state index is 0.299. The Bertz CT molecular complexity index is 390. The van der Waals surface area contributed by atoms with Crippen molar-refractivity contribution in [2.45, 2.75) is 33.1 Å². The van der Waals surface area contributed by atoms with E-state index in [1.807, 2.05) is 0 Å². The van der Waals surface area contributed by atoms with Gasteiger partial charge in [-0.15, -0.1) is 6.58 Å². The second-order valence-corrected chi connectivity index (χ2v) is 8.33. The molecule has 3 atom stereocenters. The fourth-order valence-electron chi connectivity index (χ4n) is 3.89. The van der Waals surface area contributed by atoms with E-state index in [9.17, 15) is 0 Å². The molecule has 0 heterocycles. The first-order valence-corrected chi connectivity index (χ1v) is 9.39. The molecular weight excluding hydrogens is 446 g/mol. The predicted molar refractivity (Wildman–Crippen MR) is 97.4 cm³/mol. The van der Waals surface area contributed by atoms with Crippen LogP contribution >= 0.6 is 45.2 Å². The van der Waals surface area contributed by atoms with E-state index in [0.717, 1.165) is 11.8 Å². The average molecular weight is 468 g/mol. The normalized spacial score (nSPS) is 33.7. The highest BCUT2D eigenvalue weighted by Crippen LogP contribution is 2.58. The molecule has 18 heavy (non-hydrogen) atoms. The van der Waals surface area contributed by atoms with Gasteiger partial charge in [0, 0.05) is 3.58 Å². The number of allylic oxidation sites excluding steroid dienone is 5. The number of halogens is 2. The fraction of sp³-hybridized carbons (Fsp3) is 0.625. The number of fused-ring (bicyclic) bond motifs is 1. The van der Waals surface area contributed by atoms with Gasteiger partial charge in [0.15, 0.2) is 0 Å². The van der Waals surface area contributed by atoms with Crippen LogP contribution in [0.1, 0.15) is 33.1 Å². The lowest BCUT2D eigenvalue weighted by Crippen LogP contribution is -2.21. The summed E-state index contributed by atoms with van der Waals surface area (Å²) in [5.74, 6) is 2.22. The Kier molecular flexibility index (Phi) is 5.01. The molecule has 2 heteroatoms. The lowest BCUT2D eigenvalue weighted by molar-refractivity contribution is 0.269. The summed E-state index contributed by atoms with van der Waals surface area (Å²) in [5, 5.41) is 0. The Hall–Kier alpha value is 0.680. The van der Waals surface area contributed by atoms with Crippen LogP contribution in [0, 0.1) is 23.2 Å². The van der Waals surface area contributed by atoms with Gasteiger partial charge in [0.05, 0.1) is 0 Å². The smallest absolute Gasteiger partial charge is 0.00900 e. The molecule has 0 amide bonds. The van der Waals surface area contributed by atoms with E-state index >= 15 is 0 Å². The standard InChI is InChI=1S/C16H22I2/c1-4-14-12(6-5-9-17)13-8-7-11(18)10-15(13)16(14,2)3/h4,7,10,12-14H,1,5-6,8-9H2,2-3H3. The molecule has 0 saturated heterocycles. The van der Waals surface area contributed by atoms with Crippen molar-refractivity contribution >= 4 is 45.2 Å². The van der Waals surface area contributed by atoms with Crippen LogP contribution in [0.3, 0.4) is 0 Å². The van der Waals surface area contributed by atoms with Crippen LogP contribution < -0.4 is 0 Å². The van der Waals surface area contributed by atoms with Gasteiger partial charge < -0.3 is 0 Å². The van der Waals surface area contributed by atoms with Crippen molar-refractivity contribution in [3.63, 3.8) is 0 Å². The summed E-state index contributed by atoms with van der Waals surface area (Å²) in [6, 6.07) is 0. The molecule has 0 aromatic rings. The molecule has 3 unspecified atom stereocenters. The molecular formula is C16H22I2. The molecule has 0 radical (unpaired) electrons. The highest BCUT2D eigenvalue weighted by Gasteiger charge is 2.49. The van der Waals surface area contributed by atoms with Crippen molar-refractivity contribution in [1.29, 1.82) is 0 Å². The lowest BCUT2D eigenvalue weighted by atomic mass is 9.76. The maximum atomic E-state index is 4.13. The van der Waals surface area contributed by atoms with Gasteiger partial charge in [-0.25, -0.2) is 0 Å². The Morgan fingerprint density at radius 3 is 2.83 bits per heavy atom. The summed E-state index contributed by atoms with van der Waals surface area (Å²) in [7, 11) is 0. The van der Waals surface area contributed by atoms with E-state index in [1.165, 1.54) is 27.3 Å². The van der Waals surface area contributed by atoms with Gasteiger partial charge in [-0.1, -0.05) is 54.2 Å². The van der Waals surface area contributed by atoms with Crippen LogP contribution in [0.5, 0.6) is 0 Å². The summed E-state index contributed by atoms with van der Waals surface area (Å²) >= 11 is 4.96. The van der Waals surface area contributed by atoms with E-state index in [4.69, 9.17) is 0 Å². The zero-order chi connectivity index (χ0) is 13.3. The first-order valence-electron chi connectivity index (χ1n) is 6.78. The van der Waals surface area contributed by atoms with E-state index < -0.39 is 0 Å². The molecule has 2 aliphatic rings. The minimum Gasteiger partial charge on any atom is -0.103 e. The first kappa shape index (κ1) is 15.1. The maximum absolute atomic E-state index is 4.13. The predicted octanol–water partition coefficient (Wildman–Crippen LogP) is 5.93. The average Bonchev–Trinajstić information content (AvgIpc) is 2.54. The monoisotopic (exact) mass is 468 g/mol. The van der Waals surface area contributed by atoms with Gasteiger partial charge in [-0.3, -0.25) is 0 Å². The molecule has 0 spiro atoms. The fourth-order valence-corrected chi connectivity index (χ4v) is 4.92. The Labute approximate surface area is 139 Å². The molecule has 2 rings (SSSR count). The van der Waals surface area contributed by atoms with Crippen molar-refractivity contribution in [1.82, 2.24) is 0 Å². The molecule has 0 bridgehead atoms. The van der Waals surface area contributed by atoms with Gasteiger partial charge in [-0.05, 0) is 75.5 Å². The molecule has 0 aliphatic heterocycles. The Balaban J connectivity index is 2.33. The van der Waals surface area contributed by atoms with Crippen LogP contribution in [0.25, 0.3) is 0 Å². The molecule has 0 nitrogen and oxygen atoms in total. The molecule has 100 valence electrons. The molecule has 0 N–H and O–H groups in total. The van der Waals surface area contributed by atoms with Gasteiger partial charge >= 0.3 is 0 Å². The summed E-state index contributed by atoms with van der Waals surface area (Å²) in [6.45, 7) is 8.95. The van der Waals surface area contributed by atoms with Crippen molar-refractivity contribution in [2.75, 3.05) is 4.43 Å². The topological polar surface area (TPSA) is 0 Å². The third-order valence-electron chi connectivity index (χ3n) is 4.74. The van der Waals surface area contributed by atoms with Crippen molar-refractivity contribution in [2.24, 2.45) is 23.2 Å². The summed E-state index contributed by atoms with van der Waals surface area (Å²) in [5.41, 5.74) is 1.98.